The van der Waals surface area contributed by atoms with Crippen molar-refractivity contribution in [2.24, 2.45) is 0 Å². The highest BCUT2D eigenvalue weighted by atomic mass is 15.2. The summed E-state index contributed by atoms with van der Waals surface area (Å²) in [5, 5.41) is 6.71. The van der Waals surface area contributed by atoms with Crippen LogP contribution in [-0.2, 0) is 6.42 Å². The minimum absolute atomic E-state index is 0.0433. The fourth-order valence-electron chi connectivity index (χ4n) is 2.20. The average Bonchev–Trinajstić information content (AvgIpc) is 2.42. The first kappa shape index (κ1) is 16.3. The molecule has 4 nitrogen and oxygen atoms in total. The van der Waals surface area contributed by atoms with Gasteiger partial charge in [0.25, 0.3) is 0 Å². The summed E-state index contributed by atoms with van der Waals surface area (Å²) in [6.07, 6.45) is 2.15. The van der Waals surface area contributed by atoms with Crippen LogP contribution in [0.25, 0.3) is 0 Å². The van der Waals surface area contributed by atoms with Gasteiger partial charge >= 0.3 is 0 Å². The van der Waals surface area contributed by atoms with Crippen LogP contribution in [0.4, 0.5) is 11.8 Å². The Bertz CT molecular complexity index is 588. The zero-order chi connectivity index (χ0) is 16.0. The minimum atomic E-state index is -0.0433. The lowest BCUT2D eigenvalue weighted by Crippen LogP contribution is -2.27. The number of hydrogen-bond acceptors (Lipinski definition) is 4. The van der Waals surface area contributed by atoms with E-state index in [-0.39, 0.29) is 5.54 Å². The third-order valence-electron chi connectivity index (χ3n) is 3.13. The summed E-state index contributed by atoms with van der Waals surface area (Å²) in [4.78, 5) is 8.96. The lowest BCUT2D eigenvalue weighted by Gasteiger charge is -2.21. The van der Waals surface area contributed by atoms with Gasteiger partial charge in [-0.3, -0.25) is 0 Å². The topological polar surface area (TPSA) is 49.8 Å². The summed E-state index contributed by atoms with van der Waals surface area (Å²) < 4.78 is 0. The number of rotatable bonds is 6. The average molecular weight is 298 g/mol. The molecule has 2 rings (SSSR count). The Morgan fingerprint density at radius 2 is 1.77 bits per heavy atom. The molecule has 0 saturated heterocycles. The molecule has 0 aliphatic heterocycles. The summed E-state index contributed by atoms with van der Waals surface area (Å²) in [6.45, 7) is 9.20. The van der Waals surface area contributed by atoms with Crippen molar-refractivity contribution in [2.45, 2.75) is 46.1 Å². The highest BCUT2D eigenvalue weighted by molar-refractivity contribution is 5.43. The summed E-state index contributed by atoms with van der Waals surface area (Å²) in [5.41, 5.74) is 2.30. The fourth-order valence-corrected chi connectivity index (χ4v) is 2.20. The molecule has 0 unspecified atom stereocenters. The zero-order valence-electron chi connectivity index (χ0n) is 14.0. The largest absolute Gasteiger partial charge is 0.370 e. The van der Waals surface area contributed by atoms with Crippen LogP contribution in [0.3, 0.4) is 0 Å². The van der Waals surface area contributed by atoms with Crippen LogP contribution in [0.1, 0.15) is 38.4 Å². The van der Waals surface area contributed by atoms with Gasteiger partial charge in [-0.1, -0.05) is 30.3 Å². The molecular weight excluding hydrogens is 272 g/mol. The summed E-state index contributed by atoms with van der Waals surface area (Å²) >= 11 is 0. The third kappa shape index (κ3) is 5.72. The number of aromatic nitrogens is 2. The molecule has 0 aliphatic carbocycles. The molecule has 2 aromatic rings. The van der Waals surface area contributed by atoms with E-state index in [0.29, 0.717) is 5.95 Å². The molecule has 0 aliphatic rings. The van der Waals surface area contributed by atoms with Gasteiger partial charge in [-0.2, -0.15) is 4.98 Å². The van der Waals surface area contributed by atoms with Crippen molar-refractivity contribution in [1.29, 1.82) is 0 Å². The van der Waals surface area contributed by atoms with Gasteiger partial charge in [-0.05, 0) is 46.1 Å². The van der Waals surface area contributed by atoms with Crippen molar-refractivity contribution in [3.05, 3.63) is 47.7 Å². The number of benzene rings is 1. The second kappa shape index (κ2) is 7.25. The van der Waals surface area contributed by atoms with E-state index >= 15 is 0 Å². The van der Waals surface area contributed by atoms with E-state index in [1.54, 1.807) is 0 Å². The van der Waals surface area contributed by atoms with Gasteiger partial charge in [-0.15, -0.1) is 0 Å². The lowest BCUT2D eigenvalue weighted by atomic mass is 10.1. The lowest BCUT2D eigenvalue weighted by molar-refractivity contribution is 0.625. The van der Waals surface area contributed by atoms with Crippen LogP contribution in [0.2, 0.25) is 0 Å². The SMILES string of the molecule is Cc1cc(NCCCc2ccccc2)nc(NC(C)(C)C)n1. The second-order valence-electron chi connectivity index (χ2n) is 6.61. The van der Waals surface area contributed by atoms with Crippen LogP contribution in [-0.4, -0.2) is 22.1 Å². The maximum Gasteiger partial charge on any atom is 0.225 e. The Labute approximate surface area is 133 Å². The molecule has 118 valence electrons. The predicted molar refractivity (Wildman–Crippen MR) is 93.4 cm³/mol. The van der Waals surface area contributed by atoms with Gasteiger partial charge in [0.15, 0.2) is 0 Å². The molecule has 22 heavy (non-hydrogen) atoms. The third-order valence-corrected chi connectivity index (χ3v) is 3.13. The van der Waals surface area contributed by atoms with E-state index in [1.807, 2.05) is 13.0 Å². The molecule has 0 spiro atoms. The van der Waals surface area contributed by atoms with Crippen LogP contribution in [0.5, 0.6) is 0 Å². The Morgan fingerprint density at radius 1 is 1.05 bits per heavy atom. The van der Waals surface area contributed by atoms with Crippen LogP contribution in [0.15, 0.2) is 36.4 Å². The first-order valence-electron chi connectivity index (χ1n) is 7.84. The number of nitrogens with one attached hydrogen (secondary N) is 2. The fraction of sp³-hybridized carbons (Fsp3) is 0.444. The summed E-state index contributed by atoms with van der Waals surface area (Å²) in [5.74, 6) is 1.56. The molecule has 0 bridgehead atoms. The molecular formula is C18H26N4. The molecule has 4 heteroatoms. The minimum Gasteiger partial charge on any atom is -0.370 e. The van der Waals surface area contributed by atoms with Gasteiger partial charge in [0.2, 0.25) is 5.95 Å². The maximum absolute atomic E-state index is 4.53. The Morgan fingerprint density at radius 3 is 2.45 bits per heavy atom. The van der Waals surface area contributed by atoms with Crippen LogP contribution < -0.4 is 10.6 Å². The molecule has 0 fully saturated rings. The van der Waals surface area contributed by atoms with Crippen molar-refractivity contribution < 1.29 is 0 Å². The van der Waals surface area contributed by atoms with Crippen molar-refractivity contribution in [2.75, 3.05) is 17.2 Å². The molecule has 0 saturated carbocycles. The highest BCUT2D eigenvalue weighted by Gasteiger charge is 2.12. The quantitative estimate of drug-likeness (QED) is 0.790. The van der Waals surface area contributed by atoms with Gasteiger partial charge in [0, 0.05) is 23.8 Å². The van der Waals surface area contributed by atoms with Crippen molar-refractivity contribution >= 4 is 11.8 Å². The van der Waals surface area contributed by atoms with Crippen LogP contribution >= 0.6 is 0 Å². The Hall–Kier alpha value is -2.10. The van der Waals surface area contributed by atoms with E-state index in [1.165, 1.54) is 5.56 Å². The van der Waals surface area contributed by atoms with Crippen molar-refractivity contribution in [1.82, 2.24) is 9.97 Å². The number of aryl methyl sites for hydroxylation is 2. The molecule has 0 radical (unpaired) electrons. The Kier molecular flexibility index (Phi) is 5.36. The monoisotopic (exact) mass is 298 g/mol. The van der Waals surface area contributed by atoms with Gasteiger partial charge in [0.05, 0.1) is 0 Å². The first-order chi connectivity index (χ1) is 10.4. The zero-order valence-corrected chi connectivity index (χ0v) is 14.0. The van der Waals surface area contributed by atoms with E-state index in [9.17, 15) is 0 Å². The highest BCUT2D eigenvalue weighted by Crippen LogP contribution is 2.14. The van der Waals surface area contributed by atoms with Gasteiger partial charge in [-0.25, -0.2) is 4.98 Å². The summed E-state index contributed by atoms with van der Waals surface area (Å²) in [7, 11) is 0. The maximum atomic E-state index is 4.53. The van der Waals surface area contributed by atoms with Crippen molar-refractivity contribution in [3.63, 3.8) is 0 Å². The predicted octanol–water partition coefficient (Wildman–Crippen LogP) is 4.04. The smallest absolute Gasteiger partial charge is 0.225 e. The number of anilines is 2. The molecule has 0 atom stereocenters. The van der Waals surface area contributed by atoms with Gasteiger partial charge < -0.3 is 10.6 Å². The molecule has 1 aromatic heterocycles. The second-order valence-corrected chi connectivity index (χ2v) is 6.61. The van der Waals surface area contributed by atoms with E-state index < -0.39 is 0 Å². The molecule has 0 amide bonds. The normalized spacial score (nSPS) is 11.3. The standard InChI is InChI=1S/C18H26N4/c1-14-13-16(21-17(20-14)22-18(2,3)4)19-12-8-11-15-9-6-5-7-10-15/h5-7,9-10,13H,8,11-12H2,1-4H3,(H2,19,20,21,22). The number of nitrogens with zero attached hydrogens (tertiary/aromatic N) is 2. The Balaban J connectivity index is 1.87. The van der Waals surface area contributed by atoms with Gasteiger partial charge in [0.1, 0.15) is 5.82 Å². The number of hydrogen-bond donors (Lipinski definition) is 2. The molecule has 2 N–H and O–H groups in total. The van der Waals surface area contributed by atoms with E-state index in [2.05, 4.69) is 71.7 Å². The van der Waals surface area contributed by atoms with E-state index in [4.69, 9.17) is 0 Å². The molecule has 1 heterocycles. The summed E-state index contributed by atoms with van der Waals surface area (Å²) in [6, 6.07) is 12.5. The van der Waals surface area contributed by atoms with E-state index in [0.717, 1.165) is 30.9 Å². The molecule has 1 aromatic carbocycles. The van der Waals surface area contributed by atoms with Crippen LogP contribution in [0, 0.1) is 6.92 Å². The first-order valence-corrected chi connectivity index (χ1v) is 7.84. The van der Waals surface area contributed by atoms with Crippen molar-refractivity contribution in [3.8, 4) is 0 Å².